The highest BCUT2D eigenvalue weighted by Gasteiger charge is 2.10. The highest BCUT2D eigenvalue weighted by molar-refractivity contribution is 6.07. The Labute approximate surface area is 100 Å². The number of fused-ring (bicyclic) bond motifs is 1. The van der Waals surface area contributed by atoms with Gasteiger partial charge in [-0.25, -0.2) is 4.79 Å². The van der Waals surface area contributed by atoms with Gasteiger partial charge in [-0.2, -0.15) is 0 Å². The summed E-state index contributed by atoms with van der Waals surface area (Å²) in [6.45, 7) is 4.11. The van der Waals surface area contributed by atoms with Crippen molar-refractivity contribution in [1.29, 1.82) is 0 Å². The number of aromatic carboxylic acids is 1. The molecule has 0 bridgehead atoms. The van der Waals surface area contributed by atoms with E-state index in [-0.39, 0.29) is 0 Å². The van der Waals surface area contributed by atoms with Gasteiger partial charge in [0.25, 0.3) is 0 Å². The molecule has 0 fully saturated rings. The minimum Gasteiger partial charge on any atom is -0.478 e. The lowest BCUT2D eigenvalue weighted by molar-refractivity contribution is 0.0699. The number of hydrogen-bond donors (Lipinski definition) is 2. The molecule has 0 unspecified atom stereocenters. The van der Waals surface area contributed by atoms with Gasteiger partial charge in [0.2, 0.25) is 0 Å². The molecule has 88 valence electrons. The molecule has 2 aromatic carbocycles. The second kappa shape index (κ2) is 4.45. The molecule has 0 radical (unpaired) electrons. The Morgan fingerprint density at radius 1 is 1.12 bits per heavy atom. The van der Waals surface area contributed by atoms with Gasteiger partial charge < -0.3 is 10.4 Å². The van der Waals surface area contributed by atoms with Gasteiger partial charge in [-0.15, -0.1) is 0 Å². The van der Waals surface area contributed by atoms with E-state index in [0.29, 0.717) is 11.6 Å². The zero-order chi connectivity index (χ0) is 12.4. The molecule has 0 saturated heterocycles. The van der Waals surface area contributed by atoms with E-state index in [2.05, 4.69) is 19.2 Å². The Morgan fingerprint density at radius 2 is 1.76 bits per heavy atom. The summed E-state index contributed by atoms with van der Waals surface area (Å²) < 4.78 is 0. The molecule has 0 amide bonds. The zero-order valence-electron chi connectivity index (χ0n) is 9.90. The molecule has 3 heteroatoms. The molecule has 0 aromatic heterocycles. The van der Waals surface area contributed by atoms with Crippen LogP contribution in [0.25, 0.3) is 10.8 Å². The molecule has 2 aromatic rings. The third-order valence-electron chi connectivity index (χ3n) is 2.60. The van der Waals surface area contributed by atoms with E-state index in [1.165, 1.54) is 0 Å². The molecule has 2 rings (SSSR count). The lowest BCUT2D eigenvalue weighted by Gasteiger charge is -2.14. The fourth-order valence-electron chi connectivity index (χ4n) is 1.92. The summed E-state index contributed by atoms with van der Waals surface area (Å²) in [5.41, 5.74) is 1.32. The Kier molecular flexibility index (Phi) is 3.00. The van der Waals surface area contributed by atoms with Gasteiger partial charge in [0.15, 0.2) is 0 Å². The summed E-state index contributed by atoms with van der Waals surface area (Å²) in [6, 6.07) is 11.3. The summed E-state index contributed by atoms with van der Waals surface area (Å²) in [6.07, 6.45) is 0. The van der Waals surface area contributed by atoms with Crippen LogP contribution >= 0.6 is 0 Å². The standard InChI is InChI=1S/C14H15NO2/c1-9(2)15-13-8-7-12(14(16)17)10-5-3-4-6-11(10)13/h3-9,15H,1-2H3,(H,16,17). The first-order valence-electron chi connectivity index (χ1n) is 5.61. The number of hydrogen-bond acceptors (Lipinski definition) is 2. The fourth-order valence-corrected chi connectivity index (χ4v) is 1.92. The van der Waals surface area contributed by atoms with Crippen LogP contribution in [0.15, 0.2) is 36.4 Å². The highest BCUT2D eigenvalue weighted by Crippen LogP contribution is 2.27. The van der Waals surface area contributed by atoms with Gasteiger partial charge >= 0.3 is 5.97 Å². The molecule has 17 heavy (non-hydrogen) atoms. The third kappa shape index (κ3) is 2.23. The second-order valence-electron chi connectivity index (χ2n) is 4.31. The smallest absolute Gasteiger partial charge is 0.336 e. The monoisotopic (exact) mass is 229 g/mol. The van der Waals surface area contributed by atoms with Crippen LogP contribution in [0.4, 0.5) is 5.69 Å². The van der Waals surface area contributed by atoms with E-state index in [0.717, 1.165) is 16.5 Å². The largest absolute Gasteiger partial charge is 0.478 e. The third-order valence-corrected chi connectivity index (χ3v) is 2.60. The van der Waals surface area contributed by atoms with E-state index in [1.807, 2.05) is 30.3 Å². The van der Waals surface area contributed by atoms with Crippen molar-refractivity contribution < 1.29 is 9.90 Å². The van der Waals surface area contributed by atoms with Crippen molar-refractivity contribution >= 4 is 22.4 Å². The average Bonchev–Trinajstić information content (AvgIpc) is 2.28. The van der Waals surface area contributed by atoms with Crippen LogP contribution < -0.4 is 5.32 Å². The van der Waals surface area contributed by atoms with Gasteiger partial charge in [-0.1, -0.05) is 24.3 Å². The number of carbonyl (C=O) groups is 1. The van der Waals surface area contributed by atoms with E-state index in [1.54, 1.807) is 6.07 Å². The van der Waals surface area contributed by atoms with Gasteiger partial charge in [0, 0.05) is 17.1 Å². The van der Waals surface area contributed by atoms with Crippen LogP contribution in [0.3, 0.4) is 0 Å². The predicted octanol–water partition coefficient (Wildman–Crippen LogP) is 3.36. The molecule has 0 aliphatic rings. The van der Waals surface area contributed by atoms with Crippen molar-refractivity contribution in [1.82, 2.24) is 0 Å². The van der Waals surface area contributed by atoms with E-state index >= 15 is 0 Å². The minimum absolute atomic E-state index is 0.314. The first-order chi connectivity index (χ1) is 8.09. The molecule has 0 aliphatic heterocycles. The van der Waals surface area contributed by atoms with Crippen LogP contribution in [0.1, 0.15) is 24.2 Å². The van der Waals surface area contributed by atoms with E-state index in [9.17, 15) is 4.79 Å². The molecule has 0 spiro atoms. The number of carboxylic acids is 1. The zero-order valence-corrected chi connectivity index (χ0v) is 9.90. The van der Waals surface area contributed by atoms with Gasteiger partial charge in [0.1, 0.15) is 0 Å². The van der Waals surface area contributed by atoms with Crippen LogP contribution in [-0.2, 0) is 0 Å². The lowest BCUT2D eigenvalue weighted by Crippen LogP contribution is -2.10. The maximum atomic E-state index is 11.1. The first kappa shape index (κ1) is 11.5. The van der Waals surface area contributed by atoms with Crippen molar-refractivity contribution in [2.24, 2.45) is 0 Å². The van der Waals surface area contributed by atoms with Crippen LogP contribution in [-0.4, -0.2) is 17.1 Å². The molecule has 2 N–H and O–H groups in total. The molecular formula is C14H15NO2. The topological polar surface area (TPSA) is 49.3 Å². The maximum Gasteiger partial charge on any atom is 0.336 e. The molecule has 0 aliphatic carbocycles. The van der Waals surface area contributed by atoms with Crippen molar-refractivity contribution in [3.8, 4) is 0 Å². The fraction of sp³-hybridized carbons (Fsp3) is 0.214. The van der Waals surface area contributed by atoms with Crippen LogP contribution in [0, 0.1) is 0 Å². The normalized spacial score (nSPS) is 10.8. The lowest BCUT2D eigenvalue weighted by atomic mass is 10.0. The van der Waals surface area contributed by atoms with Crippen molar-refractivity contribution in [2.75, 3.05) is 5.32 Å². The number of rotatable bonds is 3. The number of anilines is 1. The molecule has 0 heterocycles. The maximum absolute atomic E-state index is 11.1. The predicted molar refractivity (Wildman–Crippen MR) is 69.7 cm³/mol. The van der Waals surface area contributed by atoms with Gasteiger partial charge in [-0.3, -0.25) is 0 Å². The van der Waals surface area contributed by atoms with Gasteiger partial charge in [0.05, 0.1) is 5.56 Å². The Balaban J connectivity index is 2.66. The summed E-state index contributed by atoms with van der Waals surface area (Å²) in [5.74, 6) is -0.891. The van der Waals surface area contributed by atoms with Gasteiger partial charge in [-0.05, 0) is 31.4 Å². The number of nitrogens with one attached hydrogen (secondary N) is 1. The Bertz CT molecular complexity index is 561. The quantitative estimate of drug-likeness (QED) is 0.848. The molecule has 0 atom stereocenters. The molecule has 3 nitrogen and oxygen atoms in total. The Morgan fingerprint density at radius 3 is 2.35 bits per heavy atom. The van der Waals surface area contributed by atoms with Crippen LogP contribution in [0.2, 0.25) is 0 Å². The Hall–Kier alpha value is -2.03. The van der Waals surface area contributed by atoms with Crippen molar-refractivity contribution in [2.45, 2.75) is 19.9 Å². The number of carboxylic acid groups (broad SMARTS) is 1. The highest BCUT2D eigenvalue weighted by atomic mass is 16.4. The van der Waals surface area contributed by atoms with E-state index < -0.39 is 5.97 Å². The first-order valence-corrected chi connectivity index (χ1v) is 5.61. The summed E-state index contributed by atoms with van der Waals surface area (Å²) in [4.78, 5) is 11.1. The molecular weight excluding hydrogens is 214 g/mol. The molecule has 0 saturated carbocycles. The average molecular weight is 229 g/mol. The van der Waals surface area contributed by atoms with Crippen molar-refractivity contribution in [3.05, 3.63) is 42.0 Å². The summed E-state index contributed by atoms with van der Waals surface area (Å²) in [5, 5.41) is 14.2. The van der Waals surface area contributed by atoms with E-state index in [4.69, 9.17) is 5.11 Å². The van der Waals surface area contributed by atoms with Crippen molar-refractivity contribution in [3.63, 3.8) is 0 Å². The minimum atomic E-state index is -0.891. The second-order valence-corrected chi connectivity index (χ2v) is 4.31. The number of benzene rings is 2. The summed E-state index contributed by atoms with van der Waals surface area (Å²) >= 11 is 0. The SMILES string of the molecule is CC(C)Nc1ccc(C(=O)O)c2ccccc12. The van der Waals surface area contributed by atoms with Crippen LogP contribution in [0.5, 0.6) is 0 Å². The summed E-state index contributed by atoms with van der Waals surface area (Å²) in [7, 11) is 0.